The van der Waals surface area contributed by atoms with Crippen molar-refractivity contribution in [3.8, 4) is 0 Å². The third-order valence-corrected chi connectivity index (χ3v) is 1.86. The van der Waals surface area contributed by atoms with Gasteiger partial charge in [-0.1, -0.05) is 13.8 Å². The molecular weight excluding hydrogens is 176 g/mol. The third kappa shape index (κ3) is 2.73. The van der Waals surface area contributed by atoms with Crippen molar-refractivity contribution in [1.29, 1.82) is 0 Å². The Morgan fingerprint density at radius 3 is 2.31 bits per heavy atom. The van der Waals surface area contributed by atoms with Crippen molar-refractivity contribution < 1.29 is 28.0 Å². The first-order valence-corrected chi connectivity index (χ1v) is 3.69. The van der Waals surface area contributed by atoms with Gasteiger partial charge in [0.05, 0.1) is 12.7 Å². The molecule has 5 nitrogen and oxygen atoms in total. The first kappa shape index (κ1) is 9.08. The zero-order valence-corrected chi connectivity index (χ0v) is 7.13. The zero-order valence-electron chi connectivity index (χ0n) is 9.13. The Morgan fingerprint density at radius 1 is 1.46 bits per heavy atom. The average Bonchev–Trinajstić information content (AvgIpc) is 2.29. The van der Waals surface area contributed by atoms with Crippen LogP contribution in [0.5, 0.6) is 0 Å². The van der Waals surface area contributed by atoms with Crippen molar-refractivity contribution in [2.75, 3.05) is 6.61 Å². The number of hydrogen-bond donors (Lipinski definition) is 4. The van der Waals surface area contributed by atoms with E-state index in [1.165, 1.54) is 0 Å². The highest BCUT2D eigenvalue weighted by molar-refractivity contribution is 5.57. The second-order valence-electron chi connectivity index (χ2n) is 3.01. The highest BCUT2D eigenvalue weighted by atomic mass is 16.4. The minimum absolute atomic E-state index is 0.108. The summed E-state index contributed by atoms with van der Waals surface area (Å²) >= 11 is 0. The lowest BCUT2D eigenvalue weighted by Crippen LogP contribution is -2.48. The molecule has 0 rings (SSSR count). The molecule has 0 amide bonds. The molecule has 0 aromatic rings. The van der Waals surface area contributed by atoms with Gasteiger partial charge in [0.25, 0.3) is 0 Å². The van der Waals surface area contributed by atoms with E-state index in [9.17, 15) is 20.1 Å². The van der Waals surface area contributed by atoms with Gasteiger partial charge in [0.1, 0.15) is 18.5 Å². The van der Waals surface area contributed by atoms with E-state index < -0.39 is 44.1 Å². The lowest BCUT2D eigenvalue weighted by atomic mass is 9.79. The van der Waals surface area contributed by atoms with E-state index in [4.69, 9.17) is 7.85 Å². The van der Waals surface area contributed by atoms with Crippen LogP contribution in [0.4, 0.5) is 0 Å². The molecule has 0 aliphatic rings. The van der Waals surface area contributed by atoms with Gasteiger partial charge in [-0.3, -0.25) is 0 Å². The Morgan fingerprint density at radius 2 is 2.00 bits per heavy atom. The predicted octanol–water partition coefficient (Wildman–Crippen LogP) is -1.71. The molecule has 78 valence electrons. The van der Waals surface area contributed by atoms with E-state index >= 15 is 0 Å². The fraction of sp³-hybridized carbons (Fsp3) is 0.875. The maximum absolute atomic E-state index is 10.4. The Bertz CT molecular complexity index is 197. The molecular formula is C8H16O5. The molecule has 0 spiro atoms. The van der Waals surface area contributed by atoms with Crippen LogP contribution in [0.3, 0.4) is 0 Å². The predicted molar refractivity (Wildman–Crippen MR) is 45.0 cm³/mol. The van der Waals surface area contributed by atoms with Crippen molar-refractivity contribution in [3.63, 3.8) is 0 Å². The Labute approximate surface area is 79.4 Å². The second-order valence-corrected chi connectivity index (χ2v) is 3.01. The molecule has 0 fully saturated rings. The van der Waals surface area contributed by atoms with Crippen molar-refractivity contribution in [1.82, 2.24) is 0 Å². The maximum atomic E-state index is 10.4. The van der Waals surface area contributed by atoms with Gasteiger partial charge < -0.3 is 25.2 Å². The lowest BCUT2D eigenvalue weighted by molar-refractivity contribution is -0.137. The molecule has 0 heterocycles. The van der Waals surface area contributed by atoms with Gasteiger partial charge in [-0.2, -0.15) is 0 Å². The van der Waals surface area contributed by atoms with Crippen molar-refractivity contribution in [3.05, 3.63) is 0 Å². The SMILES string of the molecule is [2H]CC(C[2H])([C@H](O)[C@H](O)CO)[C@@H](O)C=O. The standard InChI is InChI=1S/C8H16O5/c1-8(2,6(12)4-10)7(13)5(11)3-9/h4-7,9,11-13H,3H2,1-2H3/t5-,6+,7-/m1/s1/i1D,2D. The third-order valence-electron chi connectivity index (χ3n) is 1.86. The van der Waals surface area contributed by atoms with Gasteiger partial charge in [-0.15, -0.1) is 0 Å². The minimum atomic E-state index is -1.76. The van der Waals surface area contributed by atoms with E-state index in [-0.39, 0.29) is 6.29 Å². The van der Waals surface area contributed by atoms with Crippen molar-refractivity contribution in [2.45, 2.75) is 32.1 Å². The molecule has 0 aromatic heterocycles. The van der Waals surface area contributed by atoms with Crippen LogP contribution in [0.25, 0.3) is 0 Å². The van der Waals surface area contributed by atoms with Gasteiger partial charge in [0.2, 0.25) is 0 Å². The van der Waals surface area contributed by atoms with E-state index in [1.807, 2.05) is 0 Å². The Balaban J connectivity index is 4.98. The van der Waals surface area contributed by atoms with Crippen molar-refractivity contribution in [2.24, 2.45) is 5.41 Å². The van der Waals surface area contributed by atoms with Gasteiger partial charge >= 0.3 is 0 Å². The number of carbonyl (C=O) groups is 1. The number of aliphatic hydroxyl groups is 4. The molecule has 3 atom stereocenters. The molecule has 4 N–H and O–H groups in total. The first-order valence-electron chi connectivity index (χ1n) is 5.10. The van der Waals surface area contributed by atoms with Gasteiger partial charge in [-0.25, -0.2) is 0 Å². The van der Waals surface area contributed by atoms with Gasteiger partial charge in [0, 0.05) is 8.16 Å². The number of rotatable bonds is 5. The van der Waals surface area contributed by atoms with Gasteiger partial charge in [-0.05, 0) is 0 Å². The van der Waals surface area contributed by atoms with Crippen molar-refractivity contribution >= 4 is 6.29 Å². The number of carbonyl (C=O) groups excluding carboxylic acids is 1. The summed E-state index contributed by atoms with van der Waals surface area (Å²) in [5, 5.41) is 36.7. The topological polar surface area (TPSA) is 98.0 Å². The van der Waals surface area contributed by atoms with Crippen LogP contribution in [-0.2, 0) is 4.79 Å². The molecule has 0 saturated carbocycles. The number of aldehydes is 1. The van der Waals surface area contributed by atoms with E-state index in [1.54, 1.807) is 0 Å². The highest BCUT2D eigenvalue weighted by Gasteiger charge is 2.39. The van der Waals surface area contributed by atoms with Crippen LogP contribution in [0.15, 0.2) is 0 Å². The average molecular weight is 194 g/mol. The Kier molecular flexibility index (Phi) is 3.26. The van der Waals surface area contributed by atoms with Crippen LogP contribution < -0.4 is 0 Å². The maximum Gasteiger partial charge on any atom is 0.149 e. The fourth-order valence-electron chi connectivity index (χ4n) is 0.793. The summed E-state index contributed by atoms with van der Waals surface area (Å²) in [6.07, 6.45) is -4.90. The normalized spacial score (nSPS) is 21.2. The summed E-state index contributed by atoms with van der Waals surface area (Å²) in [4.78, 5) is 10.4. The highest BCUT2D eigenvalue weighted by Crippen LogP contribution is 2.26. The summed E-state index contributed by atoms with van der Waals surface area (Å²) in [7, 11) is 0. The zero-order chi connectivity index (χ0) is 12.1. The first-order chi connectivity index (χ1) is 6.99. The lowest BCUT2D eigenvalue weighted by Gasteiger charge is -2.34. The van der Waals surface area contributed by atoms with Crippen LogP contribution in [0.1, 0.15) is 16.5 Å². The smallest absolute Gasteiger partial charge is 0.149 e. The largest absolute Gasteiger partial charge is 0.394 e. The summed E-state index contributed by atoms with van der Waals surface area (Å²) < 4.78 is 14.3. The number of aliphatic hydroxyl groups excluding tert-OH is 4. The Hall–Kier alpha value is -0.490. The monoisotopic (exact) mass is 194 g/mol. The summed E-state index contributed by atoms with van der Waals surface area (Å²) in [5.74, 6) is 0. The quantitative estimate of drug-likeness (QED) is 0.390. The van der Waals surface area contributed by atoms with E-state index in [2.05, 4.69) is 0 Å². The molecule has 0 saturated heterocycles. The van der Waals surface area contributed by atoms with E-state index in [0.29, 0.717) is 0 Å². The summed E-state index contributed by atoms with van der Waals surface area (Å²) in [6, 6.07) is 0. The summed E-state index contributed by atoms with van der Waals surface area (Å²) in [5.41, 5.74) is -1.76. The molecule has 13 heavy (non-hydrogen) atoms. The van der Waals surface area contributed by atoms with Gasteiger partial charge in [0.15, 0.2) is 0 Å². The fourth-order valence-corrected chi connectivity index (χ4v) is 0.793. The van der Waals surface area contributed by atoms with Crippen LogP contribution in [0.2, 0.25) is 0 Å². The molecule has 0 aliphatic heterocycles. The minimum Gasteiger partial charge on any atom is -0.394 e. The molecule has 0 unspecified atom stereocenters. The van der Waals surface area contributed by atoms with E-state index in [0.717, 1.165) is 0 Å². The second kappa shape index (κ2) is 4.66. The molecule has 5 heteroatoms. The number of hydrogen-bond acceptors (Lipinski definition) is 5. The van der Waals surface area contributed by atoms with Crippen LogP contribution >= 0.6 is 0 Å². The molecule has 0 bridgehead atoms. The molecule has 0 aliphatic carbocycles. The summed E-state index contributed by atoms with van der Waals surface area (Å²) in [6.45, 7) is -1.97. The molecule has 0 aromatic carbocycles. The molecule has 0 radical (unpaired) electrons. The van der Waals surface area contributed by atoms with Crippen LogP contribution in [0, 0.1) is 5.41 Å². The van der Waals surface area contributed by atoms with Crippen LogP contribution in [-0.4, -0.2) is 51.6 Å².